The van der Waals surface area contributed by atoms with Crippen molar-refractivity contribution in [1.29, 1.82) is 0 Å². The highest BCUT2D eigenvalue weighted by Crippen LogP contribution is 2.35. The largest absolute Gasteiger partial charge is 0.309 e. The van der Waals surface area contributed by atoms with Crippen LogP contribution in [0, 0.1) is 0 Å². The lowest BCUT2D eigenvalue weighted by Crippen LogP contribution is -2.25. The normalized spacial score (nSPS) is 14.7. The molecular weight excluding hydrogens is 297 g/mol. The summed E-state index contributed by atoms with van der Waals surface area (Å²) in [6, 6.07) is 3.85. The molecule has 0 radical (unpaired) electrons. The molecule has 0 saturated carbocycles. The Morgan fingerprint density at radius 3 is 2.41 bits per heavy atom. The number of benzene rings is 1. The summed E-state index contributed by atoms with van der Waals surface area (Å²) in [7, 11) is 0. The molecule has 1 aromatic rings. The number of hydrogen-bond donors (Lipinski definition) is 1. The Hall–Kier alpha value is 0.400. The van der Waals surface area contributed by atoms with E-state index >= 15 is 0 Å². The van der Waals surface area contributed by atoms with Gasteiger partial charge in [0.05, 0.1) is 15.1 Å². The number of nitrogens with one attached hydrogen (secondary N) is 1. The Balaban J connectivity index is 2.76. The first-order valence-corrected chi connectivity index (χ1v) is 7.79. The van der Waals surface area contributed by atoms with Crippen molar-refractivity contribution in [3.63, 3.8) is 0 Å². The molecule has 2 atom stereocenters. The zero-order valence-electron chi connectivity index (χ0n) is 10.1. The van der Waals surface area contributed by atoms with E-state index in [0.29, 0.717) is 20.3 Å². The summed E-state index contributed by atoms with van der Waals surface area (Å²) in [5.74, 6) is 0. The van der Waals surface area contributed by atoms with Gasteiger partial charge in [0, 0.05) is 17.8 Å². The molecule has 0 heterocycles. The third-order valence-electron chi connectivity index (χ3n) is 2.65. The van der Waals surface area contributed by atoms with Crippen molar-refractivity contribution in [1.82, 2.24) is 5.32 Å². The van der Waals surface area contributed by atoms with E-state index in [1.807, 2.05) is 17.8 Å². The van der Waals surface area contributed by atoms with Crippen LogP contribution < -0.4 is 5.32 Å². The second-order valence-corrected chi connectivity index (χ2v) is 6.38. The van der Waals surface area contributed by atoms with Crippen molar-refractivity contribution in [2.45, 2.75) is 25.1 Å². The molecule has 96 valence electrons. The van der Waals surface area contributed by atoms with Gasteiger partial charge in [0.1, 0.15) is 0 Å². The lowest BCUT2D eigenvalue weighted by atomic mass is 10.1. The van der Waals surface area contributed by atoms with Crippen LogP contribution in [0.4, 0.5) is 0 Å². The number of hydrogen-bond acceptors (Lipinski definition) is 2. The zero-order valence-corrected chi connectivity index (χ0v) is 13.1. The van der Waals surface area contributed by atoms with Gasteiger partial charge in [0.25, 0.3) is 0 Å². The minimum absolute atomic E-state index is 0.159. The fourth-order valence-corrected chi connectivity index (χ4v) is 2.38. The molecule has 1 rings (SSSR count). The Kier molecular flexibility index (Phi) is 6.46. The van der Waals surface area contributed by atoms with Gasteiger partial charge < -0.3 is 5.32 Å². The fourth-order valence-electron chi connectivity index (χ4n) is 1.41. The Bertz CT molecular complexity index is 384. The molecule has 0 aliphatic heterocycles. The summed E-state index contributed by atoms with van der Waals surface area (Å²) >= 11 is 19.9. The molecule has 0 spiro atoms. The van der Waals surface area contributed by atoms with E-state index < -0.39 is 0 Å². The summed E-state index contributed by atoms with van der Waals surface area (Å²) < 4.78 is 0. The summed E-state index contributed by atoms with van der Waals surface area (Å²) in [5, 5.41) is 5.46. The van der Waals surface area contributed by atoms with Crippen LogP contribution in [0.3, 0.4) is 0 Å². The highest BCUT2D eigenvalue weighted by Gasteiger charge is 2.14. The lowest BCUT2D eigenvalue weighted by molar-refractivity contribution is 0.576. The van der Waals surface area contributed by atoms with Gasteiger partial charge in [-0.1, -0.05) is 47.8 Å². The predicted molar refractivity (Wildman–Crippen MR) is 80.9 cm³/mol. The first-order chi connectivity index (χ1) is 7.97. The first kappa shape index (κ1) is 15.5. The lowest BCUT2D eigenvalue weighted by Gasteiger charge is -2.18. The second kappa shape index (κ2) is 7.10. The molecule has 5 heteroatoms. The average Bonchev–Trinajstić information content (AvgIpc) is 2.32. The number of thioether (sulfide) groups is 1. The maximum absolute atomic E-state index is 6.18. The molecule has 1 nitrogen and oxygen atoms in total. The van der Waals surface area contributed by atoms with Gasteiger partial charge in [0.2, 0.25) is 0 Å². The van der Waals surface area contributed by atoms with Crippen molar-refractivity contribution in [3.8, 4) is 0 Å². The van der Waals surface area contributed by atoms with Crippen LogP contribution in [-0.2, 0) is 0 Å². The van der Waals surface area contributed by atoms with Gasteiger partial charge in [0.15, 0.2) is 0 Å². The standard InChI is InChI=1S/C12H16Cl3NS/c1-7(17-3)6-16-8(2)9-4-5-10(13)12(15)11(9)14/h4-5,7-8,16H,6H2,1-3H3. The molecule has 0 saturated heterocycles. The SMILES string of the molecule is CSC(C)CNC(C)c1ccc(Cl)c(Cl)c1Cl. The van der Waals surface area contributed by atoms with Crippen LogP contribution in [0.25, 0.3) is 0 Å². The third-order valence-corrected chi connectivity index (χ3v) is 4.93. The first-order valence-electron chi connectivity index (χ1n) is 5.37. The van der Waals surface area contributed by atoms with Crippen LogP contribution in [0.15, 0.2) is 12.1 Å². The van der Waals surface area contributed by atoms with Gasteiger partial charge in [-0.15, -0.1) is 0 Å². The van der Waals surface area contributed by atoms with Crippen molar-refractivity contribution in [2.24, 2.45) is 0 Å². The minimum Gasteiger partial charge on any atom is -0.309 e. The molecule has 2 unspecified atom stereocenters. The number of rotatable bonds is 5. The van der Waals surface area contributed by atoms with Crippen LogP contribution in [0.2, 0.25) is 15.1 Å². The highest BCUT2D eigenvalue weighted by atomic mass is 35.5. The van der Waals surface area contributed by atoms with Gasteiger partial charge >= 0.3 is 0 Å². The van der Waals surface area contributed by atoms with E-state index in [1.54, 1.807) is 6.07 Å². The molecule has 0 bridgehead atoms. The fraction of sp³-hybridized carbons (Fsp3) is 0.500. The topological polar surface area (TPSA) is 12.0 Å². The van der Waals surface area contributed by atoms with Crippen LogP contribution in [-0.4, -0.2) is 18.1 Å². The maximum atomic E-state index is 6.18. The molecule has 0 fully saturated rings. The van der Waals surface area contributed by atoms with Gasteiger partial charge in [-0.05, 0) is 24.8 Å². The monoisotopic (exact) mass is 311 g/mol. The molecule has 17 heavy (non-hydrogen) atoms. The van der Waals surface area contributed by atoms with Crippen LogP contribution >= 0.6 is 46.6 Å². The maximum Gasteiger partial charge on any atom is 0.0781 e. The van der Waals surface area contributed by atoms with Crippen molar-refractivity contribution < 1.29 is 0 Å². The van der Waals surface area contributed by atoms with Crippen LogP contribution in [0.5, 0.6) is 0 Å². The van der Waals surface area contributed by atoms with E-state index in [-0.39, 0.29) is 6.04 Å². The molecule has 1 aromatic carbocycles. The average molecular weight is 313 g/mol. The Labute approximate surface area is 122 Å². The van der Waals surface area contributed by atoms with E-state index in [1.165, 1.54) is 0 Å². The smallest absolute Gasteiger partial charge is 0.0781 e. The molecule has 0 aromatic heterocycles. The van der Waals surface area contributed by atoms with Gasteiger partial charge in [-0.3, -0.25) is 0 Å². The summed E-state index contributed by atoms with van der Waals surface area (Å²) in [6.45, 7) is 5.18. The summed E-state index contributed by atoms with van der Waals surface area (Å²) in [4.78, 5) is 0. The third kappa shape index (κ3) is 4.22. The van der Waals surface area contributed by atoms with E-state index in [0.717, 1.165) is 12.1 Å². The van der Waals surface area contributed by atoms with Gasteiger partial charge in [-0.25, -0.2) is 0 Å². The Morgan fingerprint density at radius 1 is 1.18 bits per heavy atom. The van der Waals surface area contributed by atoms with Crippen LogP contribution in [0.1, 0.15) is 25.5 Å². The summed E-state index contributed by atoms with van der Waals surface area (Å²) in [6.07, 6.45) is 2.10. The number of halogens is 3. The van der Waals surface area contributed by atoms with Crippen molar-refractivity contribution in [3.05, 3.63) is 32.8 Å². The van der Waals surface area contributed by atoms with E-state index in [2.05, 4.69) is 25.4 Å². The minimum atomic E-state index is 0.159. The molecule has 1 N–H and O–H groups in total. The van der Waals surface area contributed by atoms with Crippen molar-refractivity contribution in [2.75, 3.05) is 12.8 Å². The van der Waals surface area contributed by atoms with E-state index in [9.17, 15) is 0 Å². The second-order valence-electron chi connectivity index (χ2n) is 3.94. The van der Waals surface area contributed by atoms with Crippen molar-refractivity contribution >= 4 is 46.6 Å². The molecular formula is C12H16Cl3NS. The summed E-state index contributed by atoms with van der Waals surface area (Å²) in [5.41, 5.74) is 0.981. The van der Waals surface area contributed by atoms with E-state index in [4.69, 9.17) is 34.8 Å². The molecule has 0 aliphatic rings. The Morgan fingerprint density at radius 2 is 1.82 bits per heavy atom. The van der Waals surface area contributed by atoms with Gasteiger partial charge in [-0.2, -0.15) is 11.8 Å². The quantitative estimate of drug-likeness (QED) is 0.764. The zero-order chi connectivity index (χ0) is 13.0. The predicted octanol–water partition coefficient (Wildman–Crippen LogP) is 5.05. The molecule has 0 amide bonds. The highest BCUT2D eigenvalue weighted by molar-refractivity contribution is 7.99. The molecule has 0 aliphatic carbocycles.